The largest absolute Gasteiger partial charge is 0.352 e. The highest BCUT2D eigenvalue weighted by Gasteiger charge is 2.25. The van der Waals surface area contributed by atoms with E-state index in [9.17, 15) is 4.79 Å². The van der Waals surface area contributed by atoms with Crippen LogP contribution in [0.4, 0.5) is 5.82 Å². The summed E-state index contributed by atoms with van der Waals surface area (Å²) in [6.07, 6.45) is 11.9. The predicted octanol–water partition coefficient (Wildman–Crippen LogP) is 3.73. The molecule has 0 unspecified atom stereocenters. The molecule has 2 aromatic rings. The Kier molecular flexibility index (Phi) is 8.35. The molecule has 0 radical (unpaired) electrons. The van der Waals surface area contributed by atoms with Gasteiger partial charge in [0.2, 0.25) is 0 Å². The van der Waals surface area contributed by atoms with E-state index >= 15 is 0 Å². The van der Waals surface area contributed by atoms with E-state index in [0.29, 0.717) is 11.9 Å². The Labute approximate surface area is 198 Å². The summed E-state index contributed by atoms with van der Waals surface area (Å²) in [7, 11) is 2.04. The summed E-state index contributed by atoms with van der Waals surface area (Å²) in [5, 5.41) is 0. The number of anilines is 1. The van der Waals surface area contributed by atoms with Crippen molar-refractivity contribution in [3.63, 3.8) is 0 Å². The number of hydrogen-bond acceptors (Lipinski definition) is 5. The number of aromatic nitrogens is 2. The maximum atomic E-state index is 13.1. The molecule has 4 rings (SSSR count). The second-order valence-electron chi connectivity index (χ2n) is 9.67. The van der Waals surface area contributed by atoms with E-state index in [1.807, 2.05) is 17.8 Å². The lowest BCUT2D eigenvalue weighted by molar-refractivity contribution is 0.219. The number of nitrogens with zero attached hydrogens (tertiary/aromatic N) is 5. The third-order valence-electron chi connectivity index (χ3n) is 7.13. The summed E-state index contributed by atoms with van der Waals surface area (Å²) in [5.41, 5.74) is 2.69. The zero-order chi connectivity index (χ0) is 23.0. The van der Waals surface area contributed by atoms with Crippen LogP contribution in [0.3, 0.4) is 0 Å². The lowest BCUT2D eigenvalue weighted by Crippen LogP contribution is -2.46. The number of rotatable bonds is 8. The van der Waals surface area contributed by atoms with Crippen LogP contribution >= 0.6 is 0 Å². The predicted molar refractivity (Wildman–Crippen MR) is 137 cm³/mol. The highest BCUT2D eigenvalue weighted by Crippen LogP contribution is 2.20. The second kappa shape index (κ2) is 11.6. The molecule has 0 amide bonds. The van der Waals surface area contributed by atoms with E-state index in [2.05, 4.69) is 63.0 Å². The minimum Gasteiger partial charge on any atom is -0.352 e. The monoisotopic (exact) mass is 449 g/mol. The molecule has 0 bridgehead atoms. The van der Waals surface area contributed by atoms with Gasteiger partial charge in [0, 0.05) is 58.2 Å². The van der Waals surface area contributed by atoms with Crippen molar-refractivity contribution in [1.29, 1.82) is 0 Å². The Morgan fingerprint density at radius 2 is 1.76 bits per heavy atom. The zero-order valence-electron chi connectivity index (χ0n) is 20.3. The molecule has 0 spiro atoms. The minimum absolute atomic E-state index is 0.0427. The summed E-state index contributed by atoms with van der Waals surface area (Å²) in [6.45, 7) is 9.31. The van der Waals surface area contributed by atoms with Crippen molar-refractivity contribution < 1.29 is 0 Å². The molecule has 2 saturated heterocycles. The molecule has 1 aromatic carbocycles. The number of piperidine rings is 2. The highest BCUT2D eigenvalue weighted by molar-refractivity contribution is 5.52. The normalized spacial score (nSPS) is 19.0. The highest BCUT2D eigenvalue weighted by atomic mass is 16.1. The Morgan fingerprint density at radius 3 is 2.48 bits per heavy atom. The standard InChI is InChI=1S/C27H39N5O/c1-23(21-24-9-5-3-6-10-24)22-31-16-11-25(12-17-31)29(2)26-27(33)32(18-13-28-26)20-19-30-14-7-4-8-15-30/h3,5-6,9-10,13,18,21,25H,4,7-8,11-12,14-17,19-20,22H2,1-2H3. The van der Waals surface area contributed by atoms with Gasteiger partial charge in [-0.25, -0.2) is 4.98 Å². The summed E-state index contributed by atoms with van der Waals surface area (Å²) in [4.78, 5) is 24.7. The van der Waals surface area contributed by atoms with Crippen molar-refractivity contribution in [3.8, 4) is 0 Å². The van der Waals surface area contributed by atoms with Crippen molar-refractivity contribution in [1.82, 2.24) is 19.4 Å². The van der Waals surface area contributed by atoms with E-state index in [-0.39, 0.29) is 5.56 Å². The van der Waals surface area contributed by atoms with Gasteiger partial charge >= 0.3 is 0 Å². The quantitative estimate of drug-likeness (QED) is 0.614. The summed E-state index contributed by atoms with van der Waals surface area (Å²) in [5.74, 6) is 0.592. The van der Waals surface area contributed by atoms with E-state index in [0.717, 1.165) is 58.7 Å². The average Bonchev–Trinajstić information content (AvgIpc) is 2.85. The third-order valence-corrected chi connectivity index (χ3v) is 7.13. The average molecular weight is 450 g/mol. The first-order chi connectivity index (χ1) is 16.1. The molecule has 6 nitrogen and oxygen atoms in total. The third kappa shape index (κ3) is 6.55. The van der Waals surface area contributed by atoms with Crippen LogP contribution in [0.15, 0.2) is 53.1 Å². The van der Waals surface area contributed by atoms with Crippen LogP contribution < -0.4 is 10.5 Å². The lowest BCUT2D eigenvalue weighted by atomic mass is 10.0. The molecular formula is C27H39N5O. The van der Waals surface area contributed by atoms with Crippen molar-refractivity contribution in [2.24, 2.45) is 0 Å². The fraction of sp³-hybridized carbons (Fsp3) is 0.556. The van der Waals surface area contributed by atoms with Gasteiger partial charge in [-0.05, 0) is 51.3 Å². The Bertz CT molecular complexity index is 956. The first-order valence-electron chi connectivity index (χ1n) is 12.6. The molecule has 0 atom stereocenters. The smallest absolute Gasteiger partial charge is 0.293 e. The molecule has 0 saturated carbocycles. The van der Waals surface area contributed by atoms with Crippen LogP contribution in [0.2, 0.25) is 0 Å². The molecule has 33 heavy (non-hydrogen) atoms. The fourth-order valence-electron chi connectivity index (χ4n) is 5.16. The van der Waals surface area contributed by atoms with Crippen molar-refractivity contribution >= 4 is 11.9 Å². The van der Waals surface area contributed by atoms with Crippen LogP contribution in [0.1, 0.15) is 44.6 Å². The van der Waals surface area contributed by atoms with Crippen LogP contribution in [-0.4, -0.2) is 71.7 Å². The van der Waals surface area contributed by atoms with Gasteiger partial charge in [-0.2, -0.15) is 0 Å². The van der Waals surface area contributed by atoms with Crippen LogP contribution in [0.5, 0.6) is 0 Å². The molecule has 0 aliphatic carbocycles. The molecule has 0 N–H and O–H groups in total. The lowest BCUT2D eigenvalue weighted by Gasteiger charge is -2.37. The van der Waals surface area contributed by atoms with Gasteiger partial charge in [0.1, 0.15) is 0 Å². The molecule has 3 heterocycles. The topological polar surface area (TPSA) is 44.6 Å². The minimum atomic E-state index is 0.0427. The SMILES string of the molecule is CC(=Cc1ccccc1)CN1CCC(N(C)c2nccn(CCN3CCCCC3)c2=O)CC1. The molecule has 2 aliphatic heterocycles. The maximum Gasteiger partial charge on any atom is 0.293 e. The van der Waals surface area contributed by atoms with Crippen molar-refractivity contribution in [3.05, 3.63) is 64.2 Å². The molecule has 1 aromatic heterocycles. The fourth-order valence-corrected chi connectivity index (χ4v) is 5.16. The number of likely N-dealkylation sites (tertiary alicyclic amines) is 2. The summed E-state index contributed by atoms with van der Waals surface area (Å²) < 4.78 is 1.85. The molecule has 2 aliphatic rings. The second-order valence-corrected chi connectivity index (χ2v) is 9.67. The van der Waals surface area contributed by atoms with E-state index in [1.165, 1.54) is 30.4 Å². The van der Waals surface area contributed by atoms with Crippen molar-refractivity contribution in [2.45, 2.75) is 51.6 Å². The van der Waals surface area contributed by atoms with Gasteiger partial charge in [-0.3, -0.25) is 9.69 Å². The number of benzene rings is 1. The molecule has 2 fully saturated rings. The maximum absolute atomic E-state index is 13.1. The Morgan fingerprint density at radius 1 is 1.03 bits per heavy atom. The van der Waals surface area contributed by atoms with Gasteiger partial charge in [-0.1, -0.05) is 48.4 Å². The van der Waals surface area contributed by atoms with Gasteiger partial charge in [-0.15, -0.1) is 0 Å². The van der Waals surface area contributed by atoms with E-state index < -0.39 is 0 Å². The van der Waals surface area contributed by atoms with Gasteiger partial charge in [0.25, 0.3) is 5.56 Å². The first kappa shape index (κ1) is 23.7. The van der Waals surface area contributed by atoms with Gasteiger partial charge < -0.3 is 14.4 Å². The van der Waals surface area contributed by atoms with Gasteiger partial charge in [0.05, 0.1) is 0 Å². The molecular weight excluding hydrogens is 410 g/mol. The van der Waals surface area contributed by atoms with Crippen molar-refractivity contribution in [2.75, 3.05) is 51.2 Å². The van der Waals surface area contributed by atoms with Crippen LogP contribution in [0.25, 0.3) is 6.08 Å². The summed E-state index contributed by atoms with van der Waals surface area (Å²) >= 11 is 0. The van der Waals surface area contributed by atoms with Crippen LogP contribution in [-0.2, 0) is 6.54 Å². The molecule has 178 valence electrons. The molecule has 6 heteroatoms. The Balaban J connectivity index is 1.30. The Hall–Kier alpha value is -2.44. The van der Waals surface area contributed by atoms with E-state index in [4.69, 9.17) is 0 Å². The zero-order valence-corrected chi connectivity index (χ0v) is 20.3. The van der Waals surface area contributed by atoms with Crippen LogP contribution in [0, 0.1) is 0 Å². The van der Waals surface area contributed by atoms with Gasteiger partial charge in [0.15, 0.2) is 5.82 Å². The van der Waals surface area contributed by atoms with E-state index in [1.54, 1.807) is 6.20 Å². The summed E-state index contributed by atoms with van der Waals surface area (Å²) in [6, 6.07) is 10.9. The first-order valence-corrected chi connectivity index (χ1v) is 12.6. The number of hydrogen-bond donors (Lipinski definition) is 0.